The first kappa shape index (κ1) is 30.7. The summed E-state index contributed by atoms with van der Waals surface area (Å²) >= 11 is 0. The standard InChI is InChI=1S/C32H41N7O6/c1-3-38-14-16-39(17-15-38)19-21-9-11-27(44-21)31(41)34-18-22-20-43-26-8-4-6-23(29(26)45-22)35-28-12-10-25(32(37-28)42-2)36-30(40)24-7-5-13-33-24/h4,6,8-12,22,24,33H,3,5,7,13-20H2,1-2H3,(H,34,41)(H,35,37)(H,36,40)/t22?,24-/m1/s1. The molecule has 1 unspecified atom stereocenters. The number of nitrogens with one attached hydrogen (secondary N) is 4. The summed E-state index contributed by atoms with van der Waals surface area (Å²) in [6.45, 7) is 9.34. The lowest BCUT2D eigenvalue weighted by molar-refractivity contribution is -0.117. The molecule has 0 aliphatic carbocycles. The van der Waals surface area contributed by atoms with Crippen LogP contribution in [0, 0.1) is 0 Å². The number of anilines is 3. The van der Waals surface area contributed by atoms with E-state index >= 15 is 0 Å². The minimum Gasteiger partial charge on any atom is -0.486 e. The third-order valence-corrected chi connectivity index (χ3v) is 8.31. The molecule has 3 aliphatic rings. The van der Waals surface area contributed by atoms with Gasteiger partial charge in [0.15, 0.2) is 23.4 Å². The molecule has 13 heteroatoms. The number of methoxy groups -OCH3 is 1. The number of hydrogen-bond donors (Lipinski definition) is 4. The van der Waals surface area contributed by atoms with Gasteiger partial charge in [0.2, 0.25) is 11.8 Å². The minimum absolute atomic E-state index is 0.109. The molecule has 0 bridgehead atoms. The molecule has 0 radical (unpaired) electrons. The van der Waals surface area contributed by atoms with Gasteiger partial charge >= 0.3 is 0 Å². The van der Waals surface area contributed by atoms with Gasteiger partial charge in [0.05, 0.1) is 31.9 Å². The highest BCUT2D eigenvalue weighted by atomic mass is 16.6. The molecule has 240 valence electrons. The Balaban J connectivity index is 1.04. The van der Waals surface area contributed by atoms with E-state index in [0.29, 0.717) is 35.2 Å². The van der Waals surface area contributed by atoms with Crippen molar-refractivity contribution in [2.45, 2.75) is 38.5 Å². The second-order valence-corrected chi connectivity index (χ2v) is 11.4. The molecule has 2 saturated heterocycles. The largest absolute Gasteiger partial charge is 0.486 e. The van der Waals surface area contributed by atoms with Gasteiger partial charge in [-0.15, -0.1) is 0 Å². The Morgan fingerprint density at radius 3 is 2.69 bits per heavy atom. The summed E-state index contributed by atoms with van der Waals surface area (Å²) in [5.41, 5.74) is 1.13. The van der Waals surface area contributed by atoms with Crippen molar-refractivity contribution >= 4 is 29.0 Å². The first-order chi connectivity index (χ1) is 22.0. The third kappa shape index (κ3) is 7.49. The fourth-order valence-corrected chi connectivity index (χ4v) is 5.72. The normalized spacial score (nSPS) is 20.0. The van der Waals surface area contributed by atoms with Crippen LogP contribution in [0.25, 0.3) is 0 Å². The van der Waals surface area contributed by atoms with Crippen LogP contribution in [0.4, 0.5) is 17.2 Å². The first-order valence-electron chi connectivity index (χ1n) is 15.6. The van der Waals surface area contributed by atoms with Gasteiger partial charge in [-0.1, -0.05) is 13.0 Å². The summed E-state index contributed by atoms with van der Waals surface area (Å²) in [4.78, 5) is 34.8. The number of furan rings is 1. The molecule has 4 N–H and O–H groups in total. The highest BCUT2D eigenvalue weighted by Gasteiger charge is 2.26. The van der Waals surface area contributed by atoms with E-state index in [2.05, 4.69) is 43.0 Å². The van der Waals surface area contributed by atoms with Gasteiger partial charge in [0.25, 0.3) is 5.91 Å². The van der Waals surface area contributed by atoms with Crippen LogP contribution in [-0.2, 0) is 11.3 Å². The van der Waals surface area contributed by atoms with Crippen LogP contribution in [0.3, 0.4) is 0 Å². The van der Waals surface area contributed by atoms with Crippen LogP contribution in [0.5, 0.6) is 17.4 Å². The van der Waals surface area contributed by atoms with Crippen molar-refractivity contribution in [2.24, 2.45) is 0 Å². The Labute approximate surface area is 262 Å². The molecule has 2 fully saturated rings. The zero-order valence-electron chi connectivity index (χ0n) is 25.8. The monoisotopic (exact) mass is 619 g/mol. The van der Waals surface area contributed by atoms with Crippen LogP contribution in [-0.4, -0.2) is 98.3 Å². The molecular formula is C32H41N7O6. The Hall–Kier alpha value is -4.33. The number of rotatable bonds is 11. The van der Waals surface area contributed by atoms with Gasteiger partial charge in [0.1, 0.15) is 23.9 Å². The van der Waals surface area contributed by atoms with Crippen molar-refractivity contribution in [1.29, 1.82) is 0 Å². The van der Waals surface area contributed by atoms with Gasteiger partial charge in [-0.05, 0) is 62.3 Å². The van der Waals surface area contributed by atoms with Crippen LogP contribution < -0.4 is 35.5 Å². The van der Waals surface area contributed by atoms with Gasteiger partial charge < -0.3 is 44.8 Å². The number of likely N-dealkylation sites (N-methyl/N-ethyl adjacent to an activating group) is 1. The van der Waals surface area contributed by atoms with Gasteiger partial charge in [0, 0.05) is 26.2 Å². The van der Waals surface area contributed by atoms with Gasteiger partial charge in [-0.2, -0.15) is 4.98 Å². The van der Waals surface area contributed by atoms with E-state index in [-0.39, 0.29) is 42.6 Å². The van der Waals surface area contributed by atoms with E-state index in [1.807, 2.05) is 24.3 Å². The summed E-state index contributed by atoms with van der Waals surface area (Å²) in [5, 5.41) is 12.3. The maximum Gasteiger partial charge on any atom is 0.287 e. The maximum absolute atomic E-state index is 12.9. The molecule has 2 aromatic heterocycles. The molecule has 5 heterocycles. The molecule has 0 spiro atoms. The Morgan fingerprint density at radius 2 is 1.91 bits per heavy atom. The first-order valence-corrected chi connectivity index (χ1v) is 15.6. The van der Waals surface area contributed by atoms with Crippen LogP contribution in [0.15, 0.2) is 46.9 Å². The third-order valence-electron chi connectivity index (χ3n) is 8.31. The summed E-state index contributed by atoms with van der Waals surface area (Å²) in [5.74, 6) is 2.52. The second kappa shape index (κ2) is 14.2. The number of fused-ring (bicyclic) bond motifs is 1. The van der Waals surface area contributed by atoms with Crippen LogP contribution >= 0.6 is 0 Å². The number of ether oxygens (including phenoxy) is 3. The molecule has 3 aliphatic heterocycles. The lowest BCUT2D eigenvalue weighted by atomic mass is 10.2. The van der Waals surface area contributed by atoms with E-state index in [9.17, 15) is 9.59 Å². The van der Waals surface area contributed by atoms with Crippen LogP contribution in [0.2, 0.25) is 0 Å². The Morgan fingerprint density at radius 1 is 1.07 bits per heavy atom. The molecule has 2 amide bonds. The number of carbonyl (C=O) groups is 2. The lowest BCUT2D eigenvalue weighted by Gasteiger charge is -2.33. The van der Waals surface area contributed by atoms with E-state index in [1.165, 1.54) is 7.11 Å². The Bertz CT molecular complexity index is 1480. The van der Waals surface area contributed by atoms with Gasteiger partial charge in [-0.3, -0.25) is 14.5 Å². The number of hydrogen-bond acceptors (Lipinski definition) is 11. The van der Waals surface area contributed by atoms with Crippen LogP contribution in [0.1, 0.15) is 36.1 Å². The molecule has 1 aromatic carbocycles. The highest BCUT2D eigenvalue weighted by molar-refractivity contribution is 5.96. The van der Waals surface area contributed by atoms with Crippen molar-refractivity contribution < 1.29 is 28.2 Å². The molecule has 3 aromatic rings. The van der Waals surface area contributed by atoms with Crippen molar-refractivity contribution in [1.82, 2.24) is 25.4 Å². The minimum atomic E-state index is -0.419. The van der Waals surface area contributed by atoms with Crippen molar-refractivity contribution in [3.05, 3.63) is 54.0 Å². The summed E-state index contributed by atoms with van der Waals surface area (Å²) in [6, 6.07) is 12.4. The predicted octanol–water partition coefficient (Wildman–Crippen LogP) is 2.82. The zero-order valence-corrected chi connectivity index (χ0v) is 25.8. The molecule has 2 atom stereocenters. The number of carbonyl (C=O) groups excluding carboxylic acids is 2. The average molecular weight is 620 g/mol. The number of aromatic nitrogens is 1. The van der Waals surface area contributed by atoms with Gasteiger partial charge in [-0.25, -0.2) is 0 Å². The molecule has 6 rings (SSSR count). The Kier molecular flexibility index (Phi) is 9.67. The summed E-state index contributed by atoms with van der Waals surface area (Å²) < 4.78 is 23.6. The van der Waals surface area contributed by atoms with Crippen molar-refractivity contribution in [3.8, 4) is 17.4 Å². The highest BCUT2D eigenvalue weighted by Crippen LogP contribution is 2.40. The zero-order chi connectivity index (χ0) is 31.2. The quantitative estimate of drug-likeness (QED) is 0.252. The maximum atomic E-state index is 12.9. The number of piperazine rings is 1. The number of para-hydroxylation sites is 1. The van der Waals surface area contributed by atoms with E-state index in [1.54, 1.807) is 18.2 Å². The fraction of sp³-hybridized carbons (Fsp3) is 0.469. The molecule has 0 saturated carbocycles. The second-order valence-electron chi connectivity index (χ2n) is 11.4. The lowest BCUT2D eigenvalue weighted by Crippen LogP contribution is -2.45. The predicted molar refractivity (Wildman–Crippen MR) is 169 cm³/mol. The summed E-state index contributed by atoms with van der Waals surface area (Å²) in [6.07, 6.45) is 1.35. The van der Waals surface area contributed by atoms with Crippen molar-refractivity contribution in [2.75, 3.05) is 70.2 Å². The molecule has 45 heavy (non-hydrogen) atoms. The molecular weight excluding hydrogens is 578 g/mol. The number of pyridine rings is 1. The van der Waals surface area contributed by atoms with E-state index in [4.69, 9.17) is 18.6 Å². The van der Waals surface area contributed by atoms with Crippen molar-refractivity contribution in [3.63, 3.8) is 0 Å². The number of amides is 2. The van der Waals surface area contributed by atoms with E-state index < -0.39 is 6.10 Å². The average Bonchev–Trinajstić information content (AvgIpc) is 3.78. The topological polar surface area (TPSA) is 142 Å². The number of benzene rings is 1. The summed E-state index contributed by atoms with van der Waals surface area (Å²) in [7, 11) is 1.51. The fourth-order valence-electron chi connectivity index (χ4n) is 5.72. The van der Waals surface area contributed by atoms with E-state index in [0.717, 1.165) is 57.9 Å². The SMILES string of the molecule is CCN1CCN(Cc2ccc(C(=O)NCC3COc4cccc(Nc5ccc(NC(=O)[C@H]6CCCN6)c(OC)n5)c4O3)o2)CC1. The number of nitrogens with zero attached hydrogens (tertiary/aromatic N) is 3. The smallest absolute Gasteiger partial charge is 0.287 e. The molecule has 13 nitrogen and oxygen atoms in total.